The Bertz CT molecular complexity index is 582. The van der Waals surface area contributed by atoms with Gasteiger partial charge in [0.2, 0.25) is 0 Å². The summed E-state index contributed by atoms with van der Waals surface area (Å²) >= 11 is 0. The van der Waals surface area contributed by atoms with Crippen LogP contribution in [0.1, 0.15) is 18.1 Å². The number of hydrogen-bond acceptors (Lipinski definition) is 4. The summed E-state index contributed by atoms with van der Waals surface area (Å²) in [4.78, 5) is 8.62. The molecule has 0 aliphatic heterocycles. The second-order valence-electron chi connectivity index (χ2n) is 4.38. The Hall–Kier alpha value is -2.10. The molecular formula is C15H19N3O. The smallest absolute Gasteiger partial charge is 0.187 e. The van der Waals surface area contributed by atoms with E-state index in [2.05, 4.69) is 41.3 Å². The topological polar surface area (TPSA) is 47.0 Å². The molecule has 0 unspecified atom stereocenters. The van der Waals surface area contributed by atoms with Crippen LogP contribution >= 0.6 is 0 Å². The molecule has 0 spiro atoms. The summed E-state index contributed by atoms with van der Waals surface area (Å²) in [5, 5.41) is 3.20. The number of nitrogens with zero attached hydrogens (tertiary/aromatic N) is 2. The standard InChI is InChI=1S/C15H19N3O/c1-5-16-15-14(19-4)13(17-9-18-15)12-8-6-7-10(2)11(12)3/h6-9H,5H2,1-4H3,(H,16,17,18). The number of aromatic nitrogens is 2. The zero-order valence-electron chi connectivity index (χ0n) is 11.8. The zero-order valence-corrected chi connectivity index (χ0v) is 11.8. The quantitative estimate of drug-likeness (QED) is 0.913. The van der Waals surface area contributed by atoms with Gasteiger partial charge in [0.1, 0.15) is 12.0 Å². The molecule has 1 N–H and O–H groups in total. The normalized spacial score (nSPS) is 10.3. The number of anilines is 1. The Morgan fingerprint density at radius 2 is 2.00 bits per heavy atom. The molecule has 4 nitrogen and oxygen atoms in total. The number of methoxy groups -OCH3 is 1. The summed E-state index contributed by atoms with van der Waals surface area (Å²) in [7, 11) is 1.65. The highest BCUT2D eigenvalue weighted by molar-refractivity contribution is 5.75. The summed E-state index contributed by atoms with van der Waals surface area (Å²) in [5.74, 6) is 1.42. The minimum Gasteiger partial charge on any atom is -0.491 e. The van der Waals surface area contributed by atoms with E-state index in [1.54, 1.807) is 13.4 Å². The first kappa shape index (κ1) is 13.3. The van der Waals surface area contributed by atoms with Crippen LogP contribution in [0.4, 0.5) is 5.82 Å². The third kappa shape index (κ3) is 2.52. The van der Waals surface area contributed by atoms with Gasteiger partial charge in [-0.25, -0.2) is 9.97 Å². The van der Waals surface area contributed by atoms with Gasteiger partial charge in [0, 0.05) is 12.1 Å². The molecule has 2 aromatic rings. The highest BCUT2D eigenvalue weighted by Gasteiger charge is 2.15. The molecular weight excluding hydrogens is 238 g/mol. The number of rotatable bonds is 4. The lowest BCUT2D eigenvalue weighted by atomic mass is 10.0. The van der Waals surface area contributed by atoms with Crippen molar-refractivity contribution < 1.29 is 4.74 Å². The first-order valence-electron chi connectivity index (χ1n) is 6.38. The average Bonchev–Trinajstić information content (AvgIpc) is 2.42. The van der Waals surface area contributed by atoms with Gasteiger partial charge >= 0.3 is 0 Å². The van der Waals surface area contributed by atoms with Crippen molar-refractivity contribution in [3.8, 4) is 17.0 Å². The molecule has 2 rings (SSSR count). The van der Waals surface area contributed by atoms with Crippen LogP contribution in [-0.4, -0.2) is 23.6 Å². The summed E-state index contributed by atoms with van der Waals surface area (Å²) < 4.78 is 5.49. The van der Waals surface area contributed by atoms with E-state index in [1.165, 1.54) is 11.1 Å². The molecule has 0 saturated carbocycles. The Morgan fingerprint density at radius 3 is 2.68 bits per heavy atom. The lowest BCUT2D eigenvalue weighted by Gasteiger charge is -2.14. The Labute approximate surface area is 113 Å². The summed E-state index contributed by atoms with van der Waals surface area (Å²) in [6.45, 7) is 7.01. The second-order valence-corrected chi connectivity index (χ2v) is 4.38. The molecule has 4 heteroatoms. The molecule has 1 heterocycles. The lowest BCUT2D eigenvalue weighted by Crippen LogP contribution is -2.04. The van der Waals surface area contributed by atoms with Crippen LogP contribution in [-0.2, 0) is 0 Å². The molecule has 0 amide bonds. The van der Waals surface area contributed by atoms with Gasteiger partial charge in [-0.15, -0.1) is 0 Å². The van der Waals surface area contributed by atoms with Crippen LogP contribution in [0.2, 0.25) is 0 Å². The SMILES string of the molecule is CCNc1ncnc(-c2cccc(C)c2C)c1OC. The van der Waals surface area contributed by atoms with Crippen LogP contribution in [0.5, 0.6) is 5.75 Å². The highest BCUT2D eigenvalue weighted by Crippen LogP contribution is 2.35. The molecule has 0 bridgehead atoms. The van der Waals surface area contributed by atoms with Crippen molar-refractivity contribution in [1.82, 2.24) is 9.97 Å². The number of hydrogen-bond donors (Lipinski definition) is 1. The average molecular weight is 257 g/mol. The maximum atomic E-state index is 5.49. The van der Waals surface area contributed by atoms with Crippen molar-refractivity contribution in [3.63, 3.8) is 0 Å². The lowest BCUT2D eigenvalue weighted by molar-refractivity contribution is 0.414. The van der Waals surface area contributed by atoms with E-state index in [-0.39, 0.29) is 0 Å². The van der Waals surface area contributed by atoms with Gasteiger partial charge in [0.25, 0.3) is 0 Å². The van der Waals surface area contributed by atoms with Crippen LogP contribution in [0, 0.1) is 13.8 Å². The fraction of sp³-hybridized carbons (Fsp3) is 0.333. The summed E-state index contributed by atoms with van der Waals surface area (Å²) in [6, 6.07) is 6.19. The van der Waals surface area contributed by atoms with E-state index in [4.69, 9.17) is 4.74 Å². The molecule has 0 aliphatic rings. The molecule has 0 radical (unpaired) electrons. The number of benzene rings is 1. The van der Waals surface area contributed by atoms with Crippen molar-refractivity contribution >= 4 is 5.82 Å². The van der Waals surface area contributed by atoms with Crippen molar-refractivity contribution in [1.29, 1.82) is 0 Å². The molecule has 0 aliphatic carbocycles. The van der Waals surface area contributed by atoms with Gasteiger partial charge in [0.15, 0.2) is 11.6 Å². The van der Waals surface area contributed by atoms with Crippen LogP contribution < -0.4 is 10.1 Å². The van der Waals surface area contributed by atoms with Crippen molar-refractivity contribution in [2.45, 2.75) is 20.8 Å². The molecule has 1 aromatic heterocycles. The Kier molecular flexibility index (Phi) is 4.00. The predicted molar refractivity (Wildman–Crippen MR) is 77.7 cm³/mol. The zero-order chi connectivity index (χ0) is 13.8. The number of ether oxygens (including phenoxy) is 1. The largest absolute Gasteiger partial charge is 0.491 e. The monoisotopic (exact) mass is 257 g/mol. The summed E-state index contributed by atoms with van der Waals surface area (Å²) in [6.07, 6.45) is 1.57. The van der Waals surface area contributed by atoms with Gasteiger partial charge in [-0.05, 0) is 31.9 Å². The first-order chi connectivity index (χ1) is 9.19. The maximum Gasteiger partial charge on any atom is 0.187 e. The van der Waals surface area contributed by atoms with Gasteiger partial charge in [0.05, 0.1) is 7.11 Å². The number of nitrogens with one attached hydrogen (secondary N) is 1. The van der Waals surface area contributed by atoms with Crippen molar-refractivity contribution in [2.24, 2.45) is 0 Å². The molecule has 19 heavy (non-hydrogen) atoms. The Morgan fingerprint density at radius 1 is 1.21 bits per heavy atom. The second kappa shape index (κ2) is 5.69. The highest BCUT2D eigenvalue weighted by atomic mass is 16.5. The molecule has 100 valence electrons. The first-order valence-corrected chi connectivity index (χ1v) is 6.38. The molecule has 0 fully saturated rings. The molecule has 0 atom stereocenters. The van der Waals surface area contributed by atoms with E-state index in [1.807, 2.05) is 13.0 Å². The van der Waals surface area contributed by atoms with E-state index in [0.29, 0.717) is 5.75 Å². The molecule has 0 saturated heterocycles. The summed E-state index contributed by atoms with van der Waals surface area (Å²) in [5.41, 5.74) is 4.36. The van der Waals surface area contributed by atoms with Crippen LogP contribution in [0.15, 0.2) is 24.5 Å². The van der Waals surface area contributed by atoms with E-state index < -0.39 is 0 Å². The minimum absolute atomic E-state index is 0.693. The van der Waals surface area contributed by atoms with E-state index in [9.17, 15) is 0 Å². The van der Waals surface area contributed by atoms with E-state index >= 15 is 0 Å². The van der Waals surface area contributed by atoms with Crippen molar-refractivity contribution in [3.05, 3.63) is 35.7 Å². The van der Waals surface area contributed by atoms with Crippen molar-refractivity contribution in [2.75, 3.05) is 19.0 Å². The third-order valence-corrected chi connectivity index (χ3v) is 3.21. The fourth-order valence-electron chi connectivity index (χ4n) is 2.06. The molecule has 1 aromatic carbocycles. The third-order valence-electron chi connectivity index (χ3n) is 3.21. The Balaban J connectivity index is 2.61. The van der Waals surface area contributed by atoms with Gasteiger partial charge in [-0.3, -0.25) is 0 Å². The van der Waals surface area contributed by atoms with Crippen LogP contribution in [0.3, 0.4) is 0 Å². The van der Waals surface area contributed by atoms with Gasteiger partial charge in [-0.1, -0.05) is 18.2 Å². The minimum atomic E-state index is 0.693. The van der Waals surface area contributed by atoms with Gasteiger partial charge < -0.3 is 10.1 Å². The maximum absolute atomic E-state index is 5.49. The predicted octanol–water partition coefficient (Wildman–Crippen LogP) is 3.20. The number of aryl methyl sites for hydroxylation is 1. The van der Waals surface area contributed by atoms with Crippen LogP contribution in [0.25, 0.3) is 11.3 Å². The van der Waals surface area contributed by atoms with E-state index in [0.717, 1.165) is 23.6 Å². The fourth-order valence-corrected chi connectivity index (χ4v) is 2.06. The van der Waals surface area contributed by atoms with Gasteiger partial charge in [-0.2, -0.15) is 0 Å².